The molecule has 2 nitrogen and oxygen atoms in total. The molecule has 3 rings (SSSR count). The SMILES string of the molecule is Fc1cc(F)cc(CNCC2CCN(C3CC3)C2)c1. The van der Waals surface area contributed by atoms with Gasteiger partial charge in [0.25, 0.3) is 0 Å². The number of hydrogen-bond donors (Lipinski definition) is 1. The highest BCUT2D eigenvalue weighted by atomic mass is 19.1. The van der Waals surface area contributed by atoms with Crippen LogP contribution in [0.15, 0.2) is 18.2 Å². The maximum absolute atomic E-state index is 13.0. The lowest BCUT2D eigenvalue weighted by Gasteiger charge is -2.15. The Morgan fingerprint density at radius 2 is 1.84 bits per heavy atom. The van der Waals surface area contributed by atoms with Crippen molar-refractivity contribution in [2.75, 3.05) is 19.6 Å². The van der Waals surface area contributed by atoms with Crippen molar-refractivity contribution in [3.05, 3.63) is 35.4 Å². The molecule has 4 heteroatoms. The molecule has 1 unspecified atom stereocenters. The second kappa shape index (κ2) is 5.55. The summed E-state index contributed by atoms with van der Waals surface area (Å²) in [5.41, 5.74) is 0.676. The summed E-state index contributed by atoms with van der Waals surface area (Å²) < 4.78 is 26.1. The topological polar surface area (TPSA) is 15.3 Å². The normalized spacial score (nSPS) is 24.0. The van der Waals surface area contributed by atoms with Crippen molar-refractivity contribution in [2.45, 2.75) is 31.8 Å². The third kappa shape index (κ3) is 3.51. The number of nitrogens with one attached hydrogen (secondary N) is 1. The number of halogens is 2. The molecular formula is C15H20F2N2. The van der Waals surface area contributed by atoms with E-state index in [1.165, 1.54) is 44.5 Å². The second-order valence-corrected chi connectivity index (χ2v) is 5.79. The fourth-order valence-corrected chi connectivity index (χ4v) is 2.93. The Bertz CT molecular complexity index is 426. The quantitative estimate of drug-likeness (QED) is 0.881. The molecule has 1 atom stereocenters. The minimum Gasteiger partial charge on any atom is -0.312 e. The Morgan fingerprint density at radius 3 is 2.53 bits per heavy atom. The zero-order valence-corrected chi connectivity index (χ0v) is 11.0. The Balaban J connectivity index is 1.43. The van der Waals surface area contributed by atoms with Gasteiger partial charge in [0, 0.05) is 25.2 Å². The van der Waals surface area contributed by atoms with Gasteiger partial charge in [0.15, 0.2) is 0 Å². The van der Waals surface area contributed by atoms with E-state index in [0.29, 0.717) is 18.0 Å². The van der Waals surface area contributed by atoms with Crippen molar-refractivity contribution in [1.82, 2.24) is 10.2 Å². The van der Waals surface area contributed by atoms with E-state index in [2.05, 4.69) is 10.2 Å². The minimum absolute atomic E-state index is 0.502. The molecule has 0 bridgehead atoms. The van der Waals surface area contributed by atoms with Crippen molar-refractivity contribution in [1.29, 1.82) is 0 Å². The van der Waals surface area contributed by atoms with Crippen molar-refractivity contribution < 1.29 is 8.78 Å². The van der Waals surface area contributed by atoms with E-state index in [1.54, 1.807) is 0 Å². The first kappa shape index (κ1) is 13.0. The van der Waals surface area contributed by atoms with E-state index in [4.69, 9.17) is 0 Å². The first-order valence-electron chi connectivity index (χ1n) is 7.10. The Hall–Kier alpha value is -1.00. The molecule has 0 amide bonds. The first-order chi connectivity index (χ1) is 9.20. The van der Waals surface area contributed by atoms with Crippen LogP contribution < -0.4 is 5.32 Å². The predicted octanol–water partition coefficient (Wildman–Crippen LogP) is 2.54. The molecule has 1 aromatic carbocycles. The summed E-state index contributed by atoms with van der Waals surface area (Å²) in [5.74, 6) is -0.325. The summed E-state index contributed by atoms with van der Waals surface area (Å²) in [5, 5.41) is 3.32. The van der Waals surface area contributed by atoms with Gasteiger partial charge in [-0.15, -0.1) is 0 Å². The minimum atomic E-state index is -0.502. The molecule has 0 spiro atoms. The molecule has 1 saturated heterocycles. The highest BCUT2D eigenvalue weighted by Crippen LogP contribution is 2.31. The monoisotopic (exact) mass is 266 g/mol. The van der Waals surface area contributed by atoms with Gasteiger partial charge in [-0.2, -0.15) is 0 Å². The van der Waals surface area contributed by atoms with Crippen LogP contribution in [0.25, 0.3) is 0 Å². The molecular weight excluding hydrogens is 246 g/mol. The third-order valence-corrected chi connectivity index (χ3v) is 4.07. The lowest BCUT2D eigenvalue weighted by atomic mass is 10.1. The summed E-state index contributed by atoms with van der Waals surface area (Å²) in [6.07, 6.45) is 3.96. The van der Waals surface area contributed by atoms with Crippen LogP contribution in [0, 0.1) is 17.6 Å². The number of hydrogen-bond acceptors (Lipinski definition) is 2. The summed E-state index contributed by atoms with van der Waals surface area (Å²) in [6.45, 7) is 3.86. The van der Waals surface area contributed by atoms with E-state index in [9.17, 15) is 8.78 Å². The van der Waals surface area contributed by atoms with Gasteiger partial charge in [0.1, 0.15) is 11.6 Å². The standard InChI is InChI=1S/C15H20F2N2/c16-13-5-12(6-14(17)7-13)9-18-8-11-3-4-19(10-11)15-1-2-15/h5-7,11,15,18H,1-4,8-10H2. The number of nitrogens with zero attached hydrogens (tertiary/aromatic N) is 1. The molecule has 1 N–H and O–H groups in total. The van der Waals surface area contributed by atoms with Gasteiger partial charge >= 0.3 is 0 Å². The Labute approximate surface area is 112 Å². The van der Waals surface area contributed by atoms with E-state index in [1.807, 2.05) is 0 Å². The van der Waals surface area contributed by atoms with Crippen LogP contribution >= 0.6 is 0 Å². The fraction of sp³-hybridized carbons (Fsp3) is 0.600. The first-order valence-corrected chi connectivity index (χ1v) is 7.10. The van der Waals surface area contributed by atoms with Gasteiger partial charge in [0.2, 0.25) is 0 Å². The van der Waals surface area contributed by atoms with Gasteiger partial charge in [-0.1, -0.05) is 0 Å². The smallest absolute Gasteiger partial charge is 0.126 e. The van der Waals surface area contributed by atoms with Gasteiger partial charge in [-0.05, 0) is 56.0 Å². The van der Waals surface area contributed by atoms with Gasteiger partial charge in [0.05, 0.1) is 0 Å². The number of rotatable bonds is 5. The van der Waals surface area contributed by atoms with Crippen LogP contribution in [0.2, 0.25) is 0 Å². The van der Waals surface area contributed by atoms with Gasteiger partial charge in [-0.3, -0.25) is 0 Å². The summed E-state index contributed by atoms with van der Waals surface area (Å²) in [7, 11) is 0. The fourth-order valence-electron chi connectivity index (χ4n) is 2.93. The van der Waals surface area contributed by atoms with E-state index < -0.39 is 11.6 Å². The highest BCUT2D eigenvalue weighted by molar-refractivity contribution is 5.17. The predicted molar refractivity (Wildman–Crippen MR) is 70.8 cm³/mol. The molecule has 1 saturated carbocycles. The van der Waals surface area contributed by atoms with Crippen LogP contribution in [-0.2, 0) is 6.54 Å². The van der Waals surface area contributed by atoms with Crippen LogP contribution in [0.4, 0.5) is 8.78 Å². The molecule has 1 aliphatic heterocycles. The summed E-state index contributed by atoms with van der Waals surface area (Å²) in [6, 6.07) is 4.54. The van der Waals surface area contributed by atoms with Crippen molar-refractivity contribution in [2.24, 2.45) is 5.92 Å². The van der Waals surface area contributed by atoms with E-state index in [0.717, 1.165) is 18.7 Å². The molecule has 2 aliphatic rings. The van der Waals surface area contributed by atoms with Crippen LogP contribution in [0.3, 0.4) is 0 Å². The Kier molecular flexibility index (Phi) is 3.80. The number of benzene rings is 1. The van der Waals surface area contributed by atoms with Crippen LogP contribution in [0.1, 0.15) is 24.8 Å². The molecule has 19 heavy (non-hydrogen) atoms. The maximum atomic E-state index is 13.0. The summed E-state index contributed by atoms with van der Waals surface area (Å²) in [4.78, 5) is 2.58. The molecule has 1 heterocycles. The molecule has 1 aliphatic carbocycles. The molecule has 104 valence electrons. The molecule has 2 fully saturated rings. The van der Waals surface area contributed by atoms with Crippen LogP contribution in [-0.4, -0.2) is 30.6 Å². The van der Waals surface area contributed by atoms with Gasteiger partial charge < -0.3 is 10.2 Å². The van der Waals surface area contributed by atoms with Crippen molar-refractivity contribution in [3.63, 3.8) is 0 Å². The average Bonchev–Trinajstić information content (AvgIpc) is 3.09. The zero-order chi connectivity index (χ0) is 13.2. The van der Waals surface area contributed by atoms with Gasteiger partial charge in [-0.25, -0.2) is 8.78 Å². The lowest BCUT2D eigenvalue weighted by molar-refractivity contribution is 0.312. The van der Waals surface area contributed by atoms with Crippen molar-refractivity contribution >= 4 is 0 Å². The van der Waals surface area contributed by atoms with Crippen LogP contribution in [0.5, 0.6) is 0 Å². The Morgan fingerprint density at radius 1 is 1.11 bits per heavy atom. The number of likely N-dealkylation sites (tertiary alicyclic amines) is 1. The zero-order valence-electron chi connectivity index (χ0n) is 11.0. The summed E-state index contributed by atoms with van der Waals surface area (Å²) >= 11 is 0. The largest absolute Gasteiger partial charge is 0.312 e. The third-order valence-electron chi connectivity index (χ3n) is 4.07. The highest BCUT2D eigenvalue weighted by Gasteiger charge is 2.33. The average molecular weight is 266 g/mol. The van der Waals surface area contributed by atoms with E-state index >= 15 is 0 Å². The lowest BCUT2D eigenvalue weighted by Crippen LogP contribution is -2.27. The maximum Gasteiger partial charge on any atom is 0.126 e. The molecule has 0 aromatic heterocycles. The molecule has 1 aromatic rings. The molecule has 0 radical (unpaired) electrons. The van der Waals surface area contributed by atoms with E-state index in [-0.39, 0.29) is 0 Å². The van der Waals surface area contributed by atoms with Crippen molar-refractivity contribution in [3.8, 4) is 0 Å². The second-order valence-electron chi connectivity index (χ2n) is 5.79.